The summed E-state index contributed by atoms with van der Waals surface area (Å²) in [6.45, 7) is 0. The molecule has 68 valence electrons. The number of hydrogen-bond donors (Lipinski definition) is 1. The van der Waals surface area contributed by atoms with Crippen LogP contribution in [-0.2, 0) is 0 Å². The number of anilines is 2. The highest BCUT2D eigenvalue weighted by molar-refractivity contribution is 5.87. The van der Waals surface area contributed by atoms with E-state index >= 15 is 0 Å². The summed E-state index contributed by atoms with van der Waals surface area (Å²) in [6, 6.07) is 15.8. The first-order valence-corrected chi connectivity index (χ1v) is 4.56. The lowest BCUT2D eigenvalue weighted by Crippen LogP contribution is -2.05. The Morgan fingerprint density at radius 3 is 2.14 bits per heavy atom. The molecule has 0 saturated heterocycles. The van der Waals surface area contributed by atoms with Gasteiger partial charge in [-0.1, -0.05) is 24.3 Å². The summed E-state index contributed by atoms with van der Waals surface area (Å²) in [5, 5.41) is 3.18. The van der Waals surface area contributed by atoms with Crippen molar-refractivity contribution in [2.75, 3.05) is 5.32 Å². The summed E-state index contributed by atoms with van der Waals surface area (Å²) in [6.07, 6.45) is 0. The van der Waals surface area contributed by atoms with Crippen molar-refractivity contribution >= 4 is 11.4 Å². The van der Waals surface area contributed by atoms with Gasteiger partial charge < -0.3 is 10.1 Å². The molecule has 2 heteroatoms. The number of fused-ring (bicyclic) bond motifs is 2. The minimum absolute atomic E-state index is 0.878. The third-order valence-electron chi connectivity index (χ3n) is 2.25. The van der Waals surface area contributed by atoms with E-state index in [1.807, 2.05) is 48.5 Å². The van der Waals surface area contributed by atoms with Crippen LogP contribution in [0.2, 0.25) is 0 Å². The van der Waals surface area contributed by atoms with Crippen molar-refractivity contribution < 1.29 is 4.74 Å². The maximum absolute atomic E-state index is 5.71. The molecule has 1 N–H and O–H groups in total. The molecule has 0 radical (unpaired) electrons. The molecule has 0 unspecified atom stereocenters. The number of hydrogen-bond acceptors (Lipinski definition) is 2. The molecule has 14 heavy (non-hydrogen) atoms. The Morgan fingerprint density at radius 1 is 0.786 bits per heavy atom. The number of nitrogens with one attached hydrogen (secondary N) is 1. The van der Waals surface area contributed by atoms with Crippen molar-refractivity contribution in [1.29, 1.82) is 0 Å². The van der Waals surface area contributed by atoms with Crippen LogP contribution < -0.4 is 10.1 Å². The Balaban J connectivity index is 1.92. The van der Waals surface area contributed by atoms with Crippen LogP contribution in [0.4, 0.5) is 11.4 Å². The minimum atomic E-state index is 0.878. The summed E-state index contributed by atoms with van der Waals surface area (Å²) in [5.74, 6) is 1.82. The van der Waals surface area contributed by atoms with Crippen LogP contribution in [-0.4, -0.2) is 0 Å². The molecule has 0 spiro atoms. The molecule has 2 bridgehead atoms. The molecule has 0 aliphatic carbocycles. The second kappa shape index (κ2) is 2.77. The van der Waals surface area contributed by atoms with Gasteiger partial charge in [-0.05, 0) is 24.3 Å². The first-order chi connectivity index (χ1) is 6.93. The smallest absolute Gasteiger partial charge is 0.174 e. The van der Waals surface area contributed by atoms with Gasteiger partial charge in [-0.2, -0.15) is 0 Å². The zero-order chi connectivity index (χ0) is 9.38. The summed E-state index contributed by atoms with van der Waals surface area (Å²) < 4.78 is 5.71. The molecule has 0 aromatic heterocycles. The molecular weight excluding hydrogens is 174 g/mol. The van der Waals surface area contributed by atoms with Crippen molar-refractivity contribution in [2.24, 2.45) is 0 Å². The fourth-order valence-corrected chi connectivity index (χ4v) is 1.53. The van der Waals surface area contributed by atoms with Crippen molar-refractivity contribution in [1.82, 2.24) is 0 Å². The van der Waals surface area contributed by atoms with Crippen LogP contribution in [0, 0.1) is 0 Å². The van der Waals surface area contributed by atoms with Crippen LogP contribution in [0.25, 0.3) is 0 Å². The molecule has 1 heterocycles. The van der Waals surface area contributed by atoms with Gasteiger partial charge in [0, 0.05) is 0 Å². The number of benzene rings is 2. The van der Waals surface area contributed by atoms with E-state index in [1.165, 1.54) is 0 Å². The average Bonchev–Trinajstić information content (AvgIpc) is 2.28. The highest BCUT2D eigenvalue weighted by atomic mass is 16.5. The van der Waals surface area contributed by atoms with Crippen LogP contribution >= 0.6 is 0 Å². The largest absolute Gasteiger partial charge is 0.453 e. The van der Waals surface area contributed by atoms with Gasteiger partial charge in [0.25, 0.3) is 0 Å². The quantitative estimate of drug-likeness (QED) is 0.656. The van der Waals surface area contributed by atoms with E-state index < -0.39 is 0 Å². The predicted molar refractivity (Wildman–Crippen MR) is 56.2 cm³/mol. The van der Waals surface area contributed by atoms with E-state index in [-0.39, 0.29) is 0 Å². The Bertz CT molecular complexity index is 445. The highest BCUT2D eigenvalue weighted by Gasteiger charge is 2.19. The maximum atomic E-state index is 5.71. The van der Waals surface area contributed by atoms with Gasteiger partial charge in [0.2, 0.25) is 0 Å². The lowest BCUT2D eigenvalue weighted by molar-refractivity contribution is 0.481. The molecule has 0 atom stereocenters. The lowest BCUT2D eigenvalue weighted by atomic mass is 10.1. The zero-order valence-electron chi connectivity index (χ0n) is 7.53. The Morgan fingerprint density at radius 2 is 1.50 bits per heavy atom. The van der Waals surface area contributed by atoms with Gasteiger partial charge in [0.15, 0.2) is 5.75 Å². The summed E-state index contributed by atoms with van der Waals surface area (Å²) in [5.41, 5.74) is 2.12. The van der Waals surface area contributed by atoms with Gasteiger partial charge in [-0.15, -0.1) is 0 Å². The fourth-order valence-electron chi connectivity index (χ4n) is 1.53. The molecule has 1 aliphatic heterocycles. The zero-order valence-corrected chi connectivity index (χ0v) is 7.53. The first kappa shape index (κ1) is 7.44. The summed E-state index contributed by atoms with van der Waals surface area (Å²) >= 11 is 0. The van der Waals surface area contributed by atoms with Gasteiger partial charge in [0.05, 0.1) is 11.4 Å². The van der Waals surface area contributed by atoms with E-state index in [1.54, 1.807) is 0 Å². The standard InChI is InChI=1S/C12H9NO/c1-2-5-9(6-3-1)14-12-10-7-4-8-11(12)13-10/h1-8,13H. The number of ether oxygens (including phenoxy) is 1. The molecule has 0 amide bonds. The monoisotopic (exact) mass is 183 g/mol. The van der Waals surface area contributed by atoms with Crippen LogP contribution in [0.3, 0.4) is 0 Å². The normalized spacial score (nSPS) is 11.4. The SMILES string of the molecule is c1ccc(Oc2c3cccc2N3)cc1. The maximum Gasteiger partial charge on any atom is 0.174 e. The minimum Gasteiger partial charge on any atom is -0.453 e. The molecule has 2 aromatic carbocycles. The van der Waals surface area contributed by atoms with E-state index in [0.29, 0.717) is 0 Å². The molecule has 3 rings (SSSR count). The third kappa shape index (κ3) is 1.04. The molecule has 2 nitrogen and oxygen atoms in total. The Kier molecular flexibility index (Phi) is 1.47. The molecule has 2 aromatic rings. The Hall–Kier alpha value is -1.96. The van der Waals surface area contributed by atoms with Crippen molar-refractivity contribution in [3.8, 4) is 11.5 Å². The fraction of sp³-hybridized carbons (Fsp3) is 0. The molecule has 0 saturated carbocycles. The van der Waals surface area contributed by atoms with Crippen LogP contribution in [0.15, 0.2) is 48.5 Å². The second-order valence-corrected chi connectivity index (χ2v) is 3.22. The number of rotatable bonds is 2. The number of para-hydroxylation sites is 2. The second-order valence-electron chi connectivity index (χ2n) is 3.22. The van der Waals surface area contributed by atoms with E-state index in [4.69, 9.17) is 4.74 Å². The van der Waals surface area contributed by atoms with Gasteiger partial charge >= 0.3 is 0 Å². The van der Waals surface area contributed by atoms with Crippen LogP contribution in [0.5, 0.6) is 11.5 Å². The Labute approximate surface area is 82.1 Å². The van der Waals surface area contributed by atoms with Gasteiger partial charge in [0.1, 0.15) is 5.75 Å². The third-order valence-corrected chi connectivity index (χ3v) is 2.25. The lowest BCUT2D eigenvalue weighted by Gasteiger charge is -2.24. The van der Waals surface area contributed by atoms with Crippen molar-refractivity contribution in [3.05, 3.63) is 48.5 Å². The van der Waals surface area contributed by atoms with E-state index in [2.05, 4.69) is 5.32 Å². The predicted octanol–water partition coefficient (Wildman–Crippen LogP) is 3.54. The summed E-state index contributed by atoms with van der Waals surface area (Å²) in [4.78, 5) is 0. The van der Waals surface area contributed by atoms with E-state index in [9.17, 15) is 0 Å². The summed E-state index contributed by atoms with van der Waals surface area (Å²) in [7, 11) is 0. The first-order valence-electron chi connectivity index (χ1n) is 4.56. The van der Waals surface area contributed by atoms with Gasteiger partial charge in [-0.3, -0.25) is 0 Å². The van der Waals surface area contributed by atoms with Crippen LogP contribution in [0.1, 0.15) is 0 Å². The molecule has 1 aliphatic rings. The topological polar surface area (TPSA) is 21.3 Å². The van der Waals surface area contributed by atoms with E-state index in [0.717, 1.165) is 22.9 Å². The van der Waals surface area contributed by atoms with Crippen molar-refractivity contribution in [2.45, 2.75) is 0 Å². The molecular formula is C12H9NO. The highest BCUT2D eigenvalue weighted by Crippen LogP contribution is 2.46. The van der Waals surface area contributed by atoms with Crippen molar-refractivity contribution in [3.63, 3.8) is 0 Å². The average molecular weight is 183 g/mol. The molecule has 0 fully saturated rings. The van der Waals surface area contributed by atoms with Gasteiger partial charge in [-0.25, -0.2) is 0 Å².